The minimum atomic E-state index is 0.180. The van der Waals surface area contributed by atoms with Crippen LogP contribution in [0.4, 0.5) is 0 Å². The van der Waals surface area contributed by atoms with Gasteiger partial charge in [-0.25, -0.2) is 0 Å². The fraction of sp³-hybridized carbons (Fsp3) is 0.667. The van der Waals surface area contributed by atoms with Crippen molar-refractivity contribution in [3.63, 3.8) is 0 Å². The van der Waals surface area contributed by atoms with Crippen LogP contribution in [0.1, 0.15) is 12.5 Å². The van der Waals surface area contributed by atoms with Crippen molar-refractivity contribution >= 4 is 17.2 Å². The van der Waals surface area contributed by atoms with E-state index in [1.807, 2.05) is 0 Å². The molecule has 1 aromatic heterocycles. The number of nitrogens with one attached hydrogen (secondary N) is 1. The second-order valence-electron chi connectivity index (χ2n) is 5.94. The quantitative estimate of drug-likeness (QED) is 0.907. The van der Waals surface area contributed by atoms with Gasteiger partial charge in [-0.15, -0.1) is 0 Å². The molecular formula is C15H23N3OS. The van der Waals surface area contributed by atoms with Crippen LogP contribution in [0.25, 0.3) is 0 Å². The van der Waals surface area contributed by atoms with Gasteiger partial charge in [0.25, 0.3) is 0 Å². The molecule has 1 unspecified atom stereocenters. The number of carbonyl (C=O) groups is 1. The van der Waals surface area contributed by atoms with Gasteiger partial charge < -0.3 is 10.2 Å². The number of nitrogens with zero attached hydrogens (tertiary/aromatic N) is 2. The molecule has 2 saturated heterocycles. The van der Waals surface area contributed by atoms with Gasteiger partial charge in [0.05, 0.1) is 0 Å². The van der Waals surface area contributed by atoms with E-state index in [0.717, 1.165) is 45.8 Å². The molecule has 0 saturated carbocycles. The predicted octanol–water partition coefficient (Wildman–Crippen LogP) is 1.25. The van der Waals surface area contributed by atoms with Gasteiger partial charge in [-0.2, -0.15) is 11.3 Å². The van der Waals surface area contributed by atoms with Crippen LogP contribution in [0.3, 0.4) is 0 Å². The first-order valence-corrected chi connectivity index (χ1v) is 8.41. The normalized spacial score (nSPS) is 22.6. The van der Waals surface area contributed by atoms with E-state index in [-0.39, 0.29) is 5.92 Å². The van der Waals surface area contributed by atoms with E-state index in [2.05, 4.69) is 38.9 Å². The molecule has 2 aliphatic heterocycles. The van der Waals surface area contributed by atoms with Crippen molar-refractivity contribution in [2.75, 3.05) is 39.3 Å². The van der Waals surface area contributed by atoms with Crippen LogP contribution < -0.4 is 5.32 Å². The zero-order valence-corrected chi connectivity index (χ0v) is 12.9. The van der Waals surface area contributed by atoms with Gasteiger partial charge in [0.2, 0.25) is 5.91 Å². The Labute approximate surface area is 124 Å². The van der Waals surface area contributed by atoms with Crippen LogP contribution in [0, 0.1) is 11.8 Å². The minimum Gasteiger partial charge on any atom is -0.340 e. The maximum atomic E-state index is 12.4. The maximum absolute atomic E-state index is 12.4. The van der Waals surface area contributed by atoms with E-state index in [0.29, 0.717) is 11.8 Å². The van der Waals surface area contributed by atoms with Crippen molar-refractivity contribution in [1.29, 1.82) is 0 Å². The summed E-state index contributed by atoms with van der Waals surface area (Å²) in [5.41, 5.74) is 1.39. The summed E-state index contributed by atoms with van der Waals surface area (Å²) in [6, 6.07) is 2.19. The van der Waals surface area contributed by atoms with Gasteiger partial charge in [-0.1, -0.05) is 6.92 Å². The third-order valence-electron chi connectivity index (χ3n) is 4.58. The molecule has 110 valence electrons. The fourth-order valence-electron chi connectivity index (χ4n) is 2.92. The molecule has 1 aromatic rings. The van der Waals surface area contributed by atoms with E-state index in [4.69, 9.17) is 0 Å². The molecule has 1 atom stereocenters. The molecule has 3 rings (SSSR count). The number of rotatable bonds is 4. The minimum absolute atomic E-state index is 0.180. The van der Waals surface area contributed by atoms with E-state index in [1.165, 1.54) is 5.56 Å². The van der Waals surface area contributed by atoms with Gasteiger partial charge in [0, 0.05) is 38.6 Å². The standard InChI is InChI=1S/C15H23N3OS/c1-12(14-8-16-9-14)15(19)18-5-3-17(4-6-18)10-13-2-7-20-11-13/h2,7,11-12,14,16H,3-6,8-10H2,1H3. The molecule has 2 fully saturated rings. The molecule has 4 nitrogen and oxygen atoms in total. The van der Waals surface area contributed by atoms with Crippen molar-refractivity contribution in [3.8, 4) is 0 Å². The van der Waals surface area contributed by atoms with E-state index >= 15 is 0 Å². The average molecular weight is 293 g/mol. The Morgan fingerprint density at radius 3 is 2.70 bits per heavy atom. The van der Waals surface area contributed by atoms with E-state index in [9.17, 15) is 4.79 Å². The Kier molecular flexibility index (Phi) is 4.38. The summed E-state index contributed by atoms with van der Waals surface area (Å²) in [7, 11) is 0. The van der Waals surface area contributed by atoms with Crippen molar-refractivity contribution < 1.29 is 4.79 Å². The van der Waals surface area contributed by atoms with Gasteiger partial charge in [-0.05, 0) is 41.4 Å². The second-order valence-corrected chi connectivity index (χ2v) is 6.72. The van der Waals surface area contributed by atoms with Crippen LogP contribution in [-0.4, -0.2) is 55.0 Å². The van der Waals surface area contributed by atoms with Crippen molar-refractivity contribution in [2.45, 2.75) is 13.5 Å². The lowest BCUT2D eigenvalue weighted by atomic mass is 9.88. The molecule has 2 aliphatic rings. The number of hydrogen-bond acceptors (Lipinski definition) is 4. The Morgan fingerprint density at radius 1 is 1.40 bits per heavy atom. The zero-order valence-electron chi connectivity index (χ0n) is 12.0. The Balaban J connectivity index is 1.46. The molecular weight excluding hydrogens is 270 g/mol. The maximum Gasteiger partial charge on any atom is 0.225 e. The summed E-state index contributed by atoms with van der Waals surface area (Å²) in [6.45, 7) is 8.88. The lowest BCUT2D eigenvalue weighted by Gasteiger charge is -2.39. The third kappa shape index (κ3) is 3.05. The van der Waals surface area contributed by atoms with E-state index in [1.54, 1.807) is 11.3 Å². The van der Waals surface area contributed by atoms with Gasteiger partial charge >= 0.3 is 0 Å². The number of amides is 1. The molecule has 0 aromatic carbocycles. The lowest BCUT2D eigenvalue weighted by molar-refractivity contribution is -0.139. The van der Waals surface area contributed by atoms with Crippen molar-refractivity contribution in [3.05, 3.63) is 22.4 Å². The first kappa shape index (κ1) is 14.0. The van der Waals surface area contributed by atoms with Crippen LogP contribution >= 0.6 is 11.3 Å². The molecule has 0 bridgehead atoms. The third-order valence-corrected chi connectivity index (χ3v) is 5.31. The molecule has 1 N–H and O–H groups in total. The molecule has 3 heterocycles. The highest BCUT2D eigenvalue weighted by atomic mass is 32.1. The Bertz CT molecular complexity index is 436. The number of hydrogen-bond donors (Lipinski definition) is 1. The number of carbonyl (C=O) groups excluding carboxylic acids is 1. The number of thiophene rings is 1. The lowest BCUT2D eigenvalue weighted by Crippen LogP contribution is -2.54. The summed E-state index contributed by atoms with van der Waals surface area (Å²) < 4.78 is 0. The van der Waals surface area contributed by atoms with Gasteiger partial charge in [-0.3, -0.25) is 9.69 Å². The summed E-state index contributed by atoms with van der Waals surface area (Å²) in [5, 5.41) is 7.59. The van der Waals surface area contributed by atoms with Crippen molar-refractivity contribution in [2.24, 2.45) is 11.8 Å². The van der Waals surface area contributed by atoms with Gasteiger partial charge in [0.1, 0.15) is 0 Å². The Morgan fingerprint density at radius 2 is 2.15 bits per heavy atom. The first-order valence-electron chi connectivity index (χ1n) is 7.47. The monoisotopic (exact) mass is 293 g/mol. The van der Waals surface area contributed by atoms with Gasteiger partial charge in [0.15, 0.2) is 0 Å². The SMILES string of the molecule is CC(C(=O)N1CCN(Cc2ccsc2)CC1)C1CNC1. The zero-order chi connectivity index (χ0) is 13.9. The molecule has 5 heteroatoms. The van der Waals surface area contributed by atoms with Crippen LogP contribution in [0.15, 0.2) is 16.8 Å². The molecule has 0 radical (unpaired) electrons. The van der Waals surface area contributed by atoms with Crippen molar-refractivity contribution in [1.82, 2.24) is 15.1 Å². The topological polar surface area (TPSA) is 35.6 Å². The predicted molar refractivity (Wildman–Crippen MR) is 81.7 cm³/mol. The highest BCUT2D eigenvalue weighted by Gasteiger charge is 2.32. The summed E-state index contributed by atoms with van der Waals surface area (Å²) in [6.07, 6.45) is 0. The summed E-state index contributed by atoms with van der Waals surface area (Å²) in [5.74, 6) is 1.08. The summed E-state index contributed by atoms with van der Waals surface area (Å²) >= 11 is 1.75. The largest absolute Gasteiger partial charge is 0.340 e. The first-order chi connectivity index (χ1) is 9.74. The molecule has 1 amide bonds. The summed E-state index contributed by atoms with van der Waals surface area (Å²) in [4.78, 5) is 16.9. The Hall–Kier alpha value is -0.910. The highest BCUT2D eigenvalue weighted by molar-refractivity contribution is 7.07. The fourth-order valence-corrected chi connectivity index (χ4v) is 3.58. The molecule has 0 aliphatic carbocycles. The van der Waals surface area contributed by atoms with Crippen LogP contribution in [0.2, 0.25) is 0 Å². The van der Waals surface area contributed by atoms with E-state index < -0.39 is 0 Å². The molecule has 0 spiro atoms. The van der Waals surface area contributed by atoms with Crippen LogP contribution in [0.5, 0.6) is 0 Å². The smallest absolute Gasteiger partial charge is 0.225 e. The average Bonchev–Trinajstić information content (AvgIpc) is 2.89. The number of piperazine rings is 1. The van der Waals surface area contributed by atoms with Crippen LogP contribution in [-0.2, 0) is 11.3 Å². The second kappa shape index (κ2) is 6.24. The molecule has 20 heavy (non-hydrogen) atoms. The highest BCUT2D eigenvalue weighted by Crippen LogP contribution is 2.20.